The third-order valence-corrected chi connectivity index (χ3v) is 2.96. The molecule has 0 fully saturated rings. The van der Waals surface area contributed by atoms with Gasteiger partial charge in [-0.25, -0.2) is 4.79 Å². The minimum atomic E-state index is -3.21. The maximum absolute atomic E-state index is 12.7. The first-order valence-electron chi connectivity index (χ1n) is 3.48. The van der Waals surface area contributed by atoms with Crippen LogP contribution in [0.1, 0.15) is 6.92 Å². The molecule has 0 aromatic heterocycles. The molecule has 0 rings (SSSR count). The third kappa shape index (κ3) is 2.57. The lowest BCUT2D eigenvalue weighted by atomic mass is 10.7. The Morgan fingerprint density at radius 1 is 1.55 bits per heavy atom. The van der Waals surface area contributed by atoms with Gasteiger partial charge in [0.25, 0.3) is 0 Å². The van der Waals surface area contributed by atoms with Crippen LogP contribution in [0.15, 0.2) is 0 Å². The van der Waals surface area contributed by atoms with E-state index in [1.165, 1.54) is 20.0 Å². The molecule has 66 valence electrons. The molecule has 0 aromatic carbocycles. The second-order valence-electron chi connectivity index (χ2n) is 2.50. The molecule has 0 unspecified atom stereocenters. The summed E-state index contributed by atoms with van der Waals surface area (Å²) >= 11 is 0. The van der Waals surface area contributed by atoms with Crippen LogP contribution in [0.4, 0.5) is 8.78 Å². The van der Waals surface area contributed by atoms with Gasteiger partial charge in [0.05, 0.1) is 6.61 Å². The zero-order valence-electron chi connectivity index (χ0n) is 6.86. The summed E-state index contributed by atoms with van der Waals surface area (Å²) in [7, 11) is -2.28. The third-order valence-electron chi connectivity index (χ3n) is 1.27. The summed E-state index contributed by atoms with van der Waals surface area (Å²) < 4.78 is 29.6. The number of carbonyl (C=O) groups is 1. The summed E-state index contributed by atoms with van der Waals surface area (Å²) in [5, 5.41) is 0. The second-order valence-corrected chi connectivity index (χ2v) is 5.53. The summed E-state index contributed by atoms with van der Waals surface area (Å²) in [6, 6.07) is 0. The van der Waals surface area contributed by atoms with E-state index in [-0.39, 0.29) is 6.61 Å². The van der Waals surface area contributed by atoms with Crippen molar-refractivity contribution >= 4 is 14.8 Å². The van der Waals surface area contributed by atoms with Gasteiger partial charge in [0, 0.05) is 0 Å². The van der Waals surface area contributed by atoms with Crippen molar-refractivity contribution in [1.82, 2.24) is 0 Å². The zero-order chi connectivity index (χ0) is 9.07. The lowest BCUT2D eigenvalue weighted by molar-refractivity contribution is -0.161. The smallest absolute Gasteiger partial charge is 0.371 e. The summed E-state index contributed by atoms with van der Waals surface area (Å²) in [5.41, 5.74) is -3.21. The lowest BCUT2D eigenvalue weighted by Crippen LogP contribution is -2.42. The Bertz CT molecular complexity index is 148. The number of carbonyl (C=O) groups excluding carboxylic acids is 1. The highest BCUT2D eigenvalue weighted by Gasteiger charge is 2.44. The van der Waals surface area contributed by atoms with Crippen molar-refractivity contribution in [3.05, 3.63) is 0 Å². The average molecular weight is 182 g/mol. The molecule has 0 N–H and O–H groups in total. The fourth-order valence-corrected chi connectivity index (χ4v) is 1.02. The summed E-state index contributed by atoms with van der Waals surface area (Å²) in [4.78, 5) is 10.6. The molecule has 0 saturated heterocycles. The standard InChI is InChI=1S/C6H12F2O2Si/c1-4-10-5(9)6(7,8)11(2)3/h11H,4H2,1-3H3. The van der Waals surface area contributed by atoms with Crippen molar-refractivity contribution in [1.29, 1.82) is 0 Å². The van der Waals surface area contributed by atoms with E-state index in [1.807, 2.05) is 0 Å². The molecule has 0 aliphatic heterocycles. The second kappa shape index (κ2) is 3.80. The van der Waals surface area contributed by atoms with Crippen LogP contribution in [0.3, 0.4) is 0 Å². The predicted molar refractivity (Wildman–Crippen MR) is 40.5 cm³/mol. The number of esters is 1. The van der Waals surface area contributed by atoms with Crippen LogP contribution in [0, 0.1) is 0 Å². The van der Waals surface area contributed by atoms with Crippen LogP contribution >= 0.6 is 0 Å². The molecule has 2 nitrogen and oxygen atoms in total. The molecule has 0 saturated carbocycles. The van der Waals surface area contributed by atoms with Crippen molar-refractivity contribution in [2.75, 3.05) is 6.61 Å². The van der Waals surface area contributed by atoms with Gasteiger partial charge in [0.15, 0.2) is 0 Å². The van der Waals surface area contributed by atoms with Crippen molar-refractivity contribution in [2.45, 2.75) is 25.6 Å². The Balaban J connectivity index is 4.18. The van der Waals surface area contributed by atoms with Crippen LogP contribution in [0.25, 0.3) is 0 Å². The van der Waals surface area contributed by atoms with Crippen LogP contribution in [0.5, 0.6) is 0 Å². The van der Waals surface area contributed by atoms with Crippen LogP contribution in [-0.2, 0) is 9.53 Å². The van der Waals surface area contributed by atoms with Gasteiger partial charge >= 0.3 is 11.5 Å². The lowest BCUT2D eigenvalue weighted by Gasteiger charge is -2.16. The Morgan fingerprint density at radius 2 is 2.00 bits per heavy atom. The molecule has 5 heteroatoms. The highest BCUT2D eigenvalue weighted by atomic mass is 28.3. The van der Waals surface area contributed by atoms with Crippen molar-refractivity contribution < 1.29 is 18.3 Å². The fraction of sp³-hybridized carbons (Fsp3) is 0.833. The van der Waals surface area contributed by atoms with E-state index in [0.29, 0.717) is 0 Å². The molecule has 0 radical (unpaired) electrons. The van der Waals surface area contributed by atoms with Crippen LogP contribution in [-0.4, -0.2) is 26.9 Å². The van der Waals surface area contributed by atoms with Gasteiger partial charge in [0.1, 0.15) is 8.80 Å². The summed E-state index contributed by atoms with van der Waals surface area (Å²) in [6.45, 7) is 4.35. The highest BCUT2D eigenvalue weighted by Crippen LogP contribution is 2.19. The molecule has 0 heterocycles. The summed E-state index contributed by atoms with van der Waals surface area (Å²) in [6.07, 6.45) is 0. The van der Waals surface area contributed by atoms with Gasteiger partial charge in [-0.1, -0.05) is 13.1 Å². The molecule has 11 heavy (non-hydrogen) atoms. The maximum atomic E-state index is 12.7. The van der Waals surface area contributed by atoms with E-state index < -0.39 is 20.3 Å². The Morgan fingerprint density at radius 3 is 2.27 bits per heavy atom. The van der Waals surface area contributed by atoms with E-state index >= 15 is 0 Å². The molecule has 0 aliphatic rings. The van der Waals surface area contributed by atoms with Gasteiger partial charge in [0.2, 0.25) is 0 Å². The minimum Gasteiger partial charge on any atom is -0.462 e. The number of rotatable bonds is 3. The SMILES string of the molecule is CCOC(=O)C(F)(F)[SiH](C)C. The number of hydrogen-bond donors (Lipinski definition) is 0. The summed E-state index contributed by atoms with van der Waals surface area (Å²) in [5.74, 6) is -1.37. The Labute approximate surface area is 66.1 Å². The van der Waals surface area contributed by atoms with E-state index in [1.54, 1.807) is 0 Å². The Kier molecular flexibility index (Phi) is 3.64. The number of ether oxygens (including phenoxy) is 1. The average Bonchev–Trinajstić information content (AvgIpc) is 1.88. The van der Waals surface area contributed by atoms with Gasteiger partial charge in [-0.15, -0.1) is 0 Å². The van der Waals surface area contributed by atoms with Crippen molar-refractivity contribution in [3.63, 3.8) is 0 Å². The van der Waals surface area contributed by atoms with Gasteiger partial charge in [-0.2, -0.15) is 8.78 Å². The molecule has 0 atom stereocenters. The van der Waals surface area contributed by atoms with Crippen molar-refractivity contribution in [3.8, 4) is 0 Å². The van der Waals surface area contributed by atoms with Gasteiger partial charge in [-0.05, 0) is 6.92 Å². The minimum absolute atomic E-state index is 0.00947. The largest absolute Gasteiger partial charge is 0.462 e. The monoisotopic (exact) mass is 182 g/mol. The van der Waals surface area contributed by atoms with Gasteiger partial charge < -0.3 is 4.74 Å². The first-order chi connectivity index (χ1) is 4.92. The van der Waals surface area contributed by atoms with Crippen molar-refractivity contribution in [2.24, 2.45) is 0 Å². The predicted octanol–water partition coefficient (Wildman–Crippen LogP) is 1.21. The maximum Gasteiger partial charge on any atom is 0.371 e. The van der Waals surface area contributed by atoms with E-state index in [9.17, 15) is 13.6 Å². The number of hydrogen-bond acceptors (Lipinski definition) is 2. The first kappa shape index (κ1) is 10.5. The topological polar surface area (TPSA) is 26.3 Å². The molecular formula is C6H12F2O2Si. The van der Waals surface area contributed by atoms with E-state index in [2.05, 4.69) is 4.74 Å². The molecule has 0 bridgehead atoms. The zero-order valence-corrected chi connectivity index (χ0v) is 8.01. The van der Waals surface area contributed by atoms with E-state index in [0.717, 1.165) is 0 Å². The molecule has 0 amide bonds. The van der Waals surface area contributed by atoms with Crippen LogP contribution < -0.4 is 0 Å². The highest BCUT2D eigenvalue weighted by molar-refractivity contribution is 6.62. The molecule has 0 aromatic rings. The number of halogens is 2. The molecule has 0 aliphatic carbocycles. The first-order valence-corrected chi connectivity index (χ1v) is 6.36. The molecule has 0 spiro atoms. The molecular weight excluding hydrogens is 170 g/mol. The normalized spacial score (nSPS) is 11.8. The number of alkyl halides is 2. The fourth-order valence-electron chi connectivity index (χ4n) is 0.463. The van der Waals surface area contributed by atoms with Crippen LogP contribution in [0.2, 0.25) is 13.1 Å². The quantitative estimate of drug-likeness (QED) is 0.484. The van der Waals surface area contributed by atoms with E-state index in [4.69, 9.17) is 0 Å². The van der Waals surface area contributed by atoms with Gasteiger partial charge in [-0.3, -0.25) is 0 Å². The Hall–Kier alpha value is -0.453.